The molecule has 4 aromatic rings. The van der Waals surface area contributed by atoms with Crippen molar-refractivity contribution in [1.29, 1.82) is 0 Å². The highest BCUT2D eigenvalue weighted by Gasteiger charge is 2.18. The first kappa shape index (κ1) is 27.5. The number of benzene rings is 2. The molecule has 0 unspecified atom stereocenters. The van der Waals surface area contributed by atoms with Gasteiger partial charge in [0.05, 0.1) is 11.3 Å². The van der Waals surface area contributed by atoms with Crippen LogP contribution < -0.4 is 5.32 Å². The van der Waals surface area contributed by atoms with Gasteiger partial charge in [0.25, 0.3) is 5.91 Å². The van der Waals surface area contributed by atoms with Crippen LogP contribution in [0.15, 0.2) is 66.9 Å². The molecule has 0 spiro atoms. The number of H-pyrrole nitrogens is 1. The first-order valence-corrected chi connectivity index (χ1v) is 11.6. The minimum atomic E-state index is -0.159. The molecule has 1 aliphatic heterocycles. The van der Waals surface area contributed by atoms with E-state index in [2.05, 4.69) is 38.2 Å². The summed E-state index contributed by atoms with van der Waals surface area (Å²) in [7, 11) is 2.15. The predicted molar refractivity (Wildman–Crippen MR) is 148 cm³/mol. The fourth-order valence-corrected chi connectivity index (χ4v) is 4.39. The summed E-state index contributed by atoms with van der Waals surface area (Å²) in [4.78, 5) is 25.2. The average Bonchev–Trinajstić information content (AvgIpc) is 3.20. The molecular weight excluding hydrogens is 497 g/mol. The third kappa shape index (κ3) is 6.17. The lowest BCUT2D eigenvalue weighted by Crippen LogP contribution is -2.43. The van der Waals surface area contributed by atoms with Crippen molar-refractivity contribution in [3.63, 3.8) is 0 Å². The van der Waals surface area contributed by atoms with Crippen LogP contribution >= 0.6 is 24.8 Å². The Balaban J connectivity index is 0.00000180. The van der Waals surface area contributed by atoms with E-state index in [9.17, 15) is 9.90 Å². The maximum absolute atomic E-state index is 12.8. The molecular formula is C27H31Cl2N5O2. The third-order valence-corrected chi connectivity index (χ3v) is 6.42. The topological polar surface area (TPSA) is 84.5 Å². The Bertz CT molecular complexity index is 1290. The summed E-state index contributed by atoms with van der Waals surface area (Å²) in [6, 6.07) is 19.2. The molecule has 5 rings (SSSR count). The zero-order valence-corrected chi connectivity index (χ0v) is 21.7. The number of rotatable bonds is 6. The van der Waals surface area contributed by atoms with Crippen LogP contribution in [0.3, 0.4) is 0 Å². The summed E-state index contributed by atoms with van der Waals surface area (Å²) in [6.07, 6.45) is 1.88. The van der Waals surface area contributed by atoms with Crippen molar-refractivity contribution in [3.05, 3.63) is 83.6 Å². The van der Waals surface area contributed by atoms with E-state index in [1.54, 1.807) is 12.1 Å². The summed E-state index contributed by atoms with van der Waals surface area (Å²) in [5.41, 5.74) is 4.77. The van der Waals surface area contributed by atoms with Gasteiger partial charge in [-0.25, -0.2) is 0 Å². The Hall–Kier alpha value is -3.10. The largest absolute Gasteiger partial charge is 0.494 e. The lowest BCUT2D eigenvalue weighted by atomic mass is 10.1. The number of carbonyl (C=O) groups excluding carboxylic acids is 1. The summed E-state index contributed by atoms with van der Waals surface area (Å²) < 4.78 is 0. The fraction of sp³-hybridized carbons (Fsp3) is 0.259. The number of aromatic nitrogens is 2. The zero-order valence-electron chi connectivity index (χ0n) is 20.1. The van der Waals surface area contributed by atoms with Gasteiger partial charge < -0.3 is 20.3 Å². The minimum Gasteiger partial charge on any atom is -0.494 e. The van der Waals surface area contributed by atoms with E-state index < -0.39 is 0 Å². The number of hydrogen-bond donors (Lipinski definition) is 3. The second-order valence-electron chi connectivity index (χ2n) is 8.91. The number of amides is 1. The van der Waals surface area contributed by atoms with Crippen LogP contribution in [-0.4, -0.2) is 64.0 Å². The molecule has 3 N–H and O–H groups in total. The van der Waals surface area contributed by atoms with Crippen LogP contribution in [0.2, 0.25) is 0 Å². The SMILES string of the molecule is CN1CCN(Cc2ccc(-c3c(O)[nH]c4ccc(C(=O)NCc5ccccc5)cc34)nc2)CC1.Cl.Cl. The van der Waals surface area contributed by atoms with E-state index in [4.69, 9.17) is 0 Å². The normalized spacial score (nSPS) is 14.1. The molecule has 1 fully saturated rings. The van der Waals surface area contributed by atoms with Crippen molar-refractivity contribution in [3.8, 4) is 17.1 Å². The highest BCUT2D eigenvalue weighted by Crippen LogP contribution is 2.36. The molecule has 0 radical (unpaired) electrons. The highest BCUT2D eigenvalue weighted by atomic mass is 35.5. The number of nitrogens with one attached hydrogen (secondary N) is 2. The second-order valence-corrected chi connectivity index (χ2v) is 8.91. The molecule has 0 saturated carbocycles. The molecule has 36 heavy (non-hydrogen) atoms. The van der Waals surface area contributed by atoms with Crippen LogP contribution in [-0.2, 0) is 13.1 Å². The molecule has 2 aromatic carbocycles. The van der Waals surface area contributed by atoms with Gasteiger partial charge in [-0.3, -0.25) is 14.7 Å². The monoisotopic (exact) mass is 527 g/mol. The molecule has 0 atom stereocenters. The Morgan fingerprint density at radius 3 is 2.44 bits per heavy atom. The summed E-state index contributed by atoms with van der Waals surface area (Å²) in [5, 5.41) is 14.3. The summed E-state index contributed by atoms with van der Waals surface area (Å²) in [5.74, 6) is -0.107. The van der Waals surface area contributed by atoms with Crippen LogP contribution in [0.4, 0.5) is 0 Å². The van der Waals surface area contributed by atoms with Crippen molar-refractivity contribution in [2.75, 3.05) is 33.2 Å². The number of aromatic hydroxyl groups is 1. The number of halogens is 2. The van der Waals surface area contributed by atoms with Crippen molar-refractivity contribution < 1.29 is 9.90 Å². The second kappa shape index (κ2) is 12.2. The minimum absolute atomic E-state index is 0. The molecule has 9 heteroatoms. The predicted octanol–water partition coefficient (Wildman–Crippen LogP) is 4.46. The first-order valence-electron chi connectivity index (χ1n) is 11.6. The molecule has 190 valence electrons. The molecule has 1 saturated heterocycles. The number of fused-ring (bicyclic) bond motifs is 1. The molecule has 0 aliphatic carbocycles. The number of carbonyl (C=O) groups is 1. The molecule has 7 nitrogen and oxygen atoms in total. The van der Waals surface area contributed by atoms with E-state index in [0.29, 0.717) is 23.4 Å². The lowest BCUT2D eigenvalue weighted by molar-refractivity contribution is 0.0951. The van der Waals surface area contributed by atoms with E-state index in [0.717, 1.165) is 54.8 Å². The van der Waals surface area contributed by atoms with Gasteiger partial charge in [-0.15, -0.1) is 24.8 Å². The number of aromatic amines is 1. The lowest BCUT2D eigenvalue weighted by Gasteiger charge is -2.32. The standard InChI is InChI=1S/C27H29N5O2.2ClH/c1-31-11-13-32(14-12-31)18-20-7-9-24(28-17-20)25-22-15-21(8-10-23(22)30-27(25)34)26(33)29-16-19-5-3-2-4-6-19;;/h2-10,15,17,30,34H,11-14,16,18H2,1H3,(H,29,33);2*1H. The molecule has 3 heterocycles. The van der Waals surface area contributed by atoms with E-state index >= 15 is 0 Å². The maximum atomic E-state index is 12.8. The van der Waals surface area contributed by atoms with Gasteiger partial charge in [0.1, 0.15) is 0 Å². The Kier molecular flexibility index (Phi) is 9.34. The smallest absolute Gasteiger partial charge is 0.251 e. The average molecular weight is 528 g/mol. The molecule has 2 aromatic heterocycles. The van der Waals surface area contributed by atoms with Crippen LogP contribution in [0.5, 0.6) is 5.88 Å². The number of piperazine rings is 1. The van der Waals surface area contributed by atoms with Gasteiger partial charge in [0.2, 0.25) is 0 Å². The van der Waals surface area contributed by atoms with Crippen LogP contribution in [0.1, 0.15) is 21.5 Å². The molecule has 0 bridgehead atoms. The van der Waals surface area contributed by atoms with E-state index in [1.165, 1.54) is 0 Å². The zero-order chi connectivity index (χ0) is 23.5. The van der Waals surface area contributed by atoms with E-state index in [1.807, 2.05) is 48.7 Å². The highest BCUT2D eigenvalue weighted by molar-refractivity contribution is 6.03. The molecule has 1 amide bonds. The number of likely N-dealkylation sites (N-methyl/N-ethyl adjacent to an activating group) is 1. The van der Waals surface area contributed by atoms with Gasteiger partial charge >= 0.3 is 0 Å². The summed E-state index contributed by atoms with van der Waals surface area (Å²) in [6.45, 7) is 5.59. The van der Waals surface area contributed by atoms with Crippen molar-refractivity contribution in [1.82, 2.24) is 25.1 Å². The molecule has 1 aliphatic rings. The van der Waals surface area contributed by atoms with Gasteiger partial charge in [0, 0.05) is 61.9 Å². The van der Waals surface area contributed by atoms with Gasteiger partial charge in [-0.05, 0) is 42.4 Å². The van der Waals surface area contributed by atoms with Crippen molar-refractivity contribution >= 4 is 41.6 Å². The van der Waals surface area contributed by atoms with Crippen molar-refractivity contribution in [2.45, 2.75) is 13.1 Å². The van der Waals surface area contributed by atoms with Gasteiger partial charge in [-0.2, -0.15) is 0 Å². The number of hydrogen-bond acceptors (Lipinski definition) is 5. The quantitative estimate of drug-likeness (QED) is 0.344. The van der Waals surface area contributed by atoms with E-state index in [-0.39, 0.29) is 36.6 Å². The third-order valence-electron chi connectivity index (χ3n) is 6.42. The first-order chi connectivity index (χ1) is 16.6. The summed E-state index contributed by atoms with van der Waals surface area (Å²) >= 11 is 0. The van der Waals surface area contributed by atoms with Crippen molar-refractivity contribution in [2.24, 2.45) is 0 Å². The number of nitrogens with zero attached hydrogens (tertiary/aromatic N) is 3. The van der Waals surface area contributed by atoms with Gasteiger partial charge in [0.15, 0.2) is 5.88 Å². The van der Waals surface area contributed by atoms with Gasteiger partial charge in [-0.1, -0.05) is 36.4 Å². The van der Waals surface area contributed by atoms with Crippen LogP contribution in [0.25, 0.3) is 22.2 Å². The Morgan fingerprint density at radius 2 is 1.75 bits per heavy atom. The van der Waals surface area contributed by atoms with Crippen LogP contribution in [0, 0.1) is 0 Å². The Labute approximate surface area is 223 Å². The maximum Gasteiger partial charge on any atom is 0.251 e. The fourth-order valence-electron chi connectivity index (χ4n) is 4.39. The number of pyridine rings is 1. The Morgan fingerprint density at radius 1 is 1.00 bits per heavy atom.